The molecule has 1 aliphatic heterocycles. The molecule has 2 aromatic rings. The van der Waals surface area contributed by atoms with Gasteiger partial charge in [0.2, 0.25) is 0 Å². The van der Waals surface area contributed by atoms with Crippen molar-refractivity contribution in [3.63, 3.8) is 0 Å². The summed E-state index contributed by atoms with van der Waals surface area (Å²) in [6.45, 7) is 0.152. The molecule has 3 nitrogen and oxygen atoms in total. The summed E-state index contributed by atoms with van der Waals surface area (Å²) in [5.74, 6) is -0.452. The highest BCUT2D eigenvalue weighted by Crippen LogP contribution is 2.36. The fraction of sp³-hybridized carbons (Fsp3) is 0.368. The van der Waals surface area contributed by atoms with Crippen LogP contribution in [0.1, 0.15) is 28.3 Å². The zero-order valence-corrected chi connectivity index (χ0v) is 14.8. The van der Waals surface area contributed by atoms with Gasteiger partial charge in [0.1, 0.15) is 5.82 Å². The zero-order chi connectivity index (χ0) is 21.2. The second kappa shape index (κ2) is 8.29. The molecule has 2 unspecified atom stereocenters. The molecule has 0 saturated carbocycles. The van der Waals surface area contributed by atoms with Crippen molar-refractivity contribution in [2.75, 3.05) is 13.2 Å². The van der Waals surface area contributed by atoms with Crippen molar-refractivity contribution in [3.05, 3.63) is 70.5 Å². The molecule has 0 bridgehead atoms. The molecular weight excluding hydrogens is 407 g/mol. The van der Waals surface area contributed by atoms with Crippen LogP contribution in [0.4, 0.5) is 30.7 Å². The number of rotatable bonds is 4. The fourth-order valence-corrected chi connectivity index (χ4v) is 2.95. The first-order chi connectivity index (χ1) is 13.5. The summed E-state index contributed by atoms with van der Waals surface area (Å²) in [5.41, 5.74) is -2.51. The summed E-state index contributed by atoms with van der Waals surface area (Å²) in [6.07, 6.45) is -10.8. The molecule has 10 heteroatoms. The number of nitrogens with one attached hydrogen (secondary N) is 1. The van der Waals surface area contributed by atoms with Gasteiger partial charge in [-0.2, -0.15) is 26.3 Å². The van der Waals surface area contributed by atoms with Gasteiger partial charge in [-0.1, -0.05) is 12.1 Å². The van der Waals surface area contributed by atoms with Crippen molar-refractivity contribution in [1.29, 1.82) is 0 Å². The normalized spacial score (nSPS) is 20.7. The molecule has 0 amide bonds. The number of ether oxygens (including phenoxy) is 2. The first-order valence-corrected chi connectivity index (χ1v) is 8.54. The van der Waals surface area contributed by atoms with Crippen LogP contribution >= 0.6 is 0 Å². The highest BCUT2D eigenvalue weighted by Gasteiger charge is 2.37. The monoisotopic (exact) mass is 423 g/mol. The van der Waals surface area contributed by atoms with E-state index in [4.69, 9.17) is 9.47 Å². The van der Waals surface area contributed by atoms with Gasteiger partial charge >= 0.3 is 12.4 Å². The van der Waals surface area contributed by atoms with Crippen LogP contribution in [0.2, 0.25) is 0 Å². The lowest BCUT2D eigenvalue weighted by atomic mass is 10.0. The van der Waals surface area contributed by atoms with Crippen LogP contribution in [0.25, 0.3) is 0 Å². The van der Waals surface area contributed by atoms with Gasteiger partial charge in [-0.05, 0) is 41.5 Å². The van der Waals surface area contributed by atoms with E-state index in [1.54, 1.807) is 0 Å². The maximum Gasteiger partial charge on any atom is 0.416 e. The lowest BCUT2D eigenvalue weighted by Gasteiger charge is -2.33. The van der Waals surface area contributed by atoms with Gasteiger partial charge in [-0.3, -0.25) is 0 Å². The van der Waals surface area contributed by atoms with Crippen molar-refractivity contribution in [3.8, 4) is 0 Å². The lowest BCUT2D eigenvalue weighted by Crippen LogP contribution is -2.43. The van der Waals surface area contributed by atoms with Crippen molar-refractivity contribution in [1.82, 2.24) is 5.32 Å². The van der Waals surface area contributed by atoms with Crippen molar-refractivity contribution in [2.24, 2.45) is 0 Å². The van der Waals surface area contributed by atoms with Crippen molar-refractivity contribution < 1.29 is 40.2 Å². The standard InChI is InChI=1S/C19H16F7NO2/c20-15-3-1-12(2-4-15)16-17(28-6-5-27-16)29-10-11-7-13(18(21,22)23)9-14(8-11)19(24,25)26/h1-4,7-9,16-17,27H,5-6,10H2. The average molecular weight is 423 g/mol. The van der Waals surface area contributed by atoms with Gasteiger partial charge in [0.25, 0.3) is 0 Å². The molecule has 0 aliphatic carbocycles. The van der Waals surface area contributed by atoms with Crippen LogP contribution in [0.5, 0.6) is 0 Å². The van der Waals surface area contributed by atoms with Gasteiger partial charge < -0.3 is 14.8 Å². The summed E-state index contributed by atoms with van der Waals surface area (Å²) in [4.78, 5) is 0. The molecule has 29 heavy (non-hydrogen) atoms. The number of morpholine rings is 1. The number of hydrogen-bond donors (Lipinski definition) is 1. The Morgan fingerprint density at radius 2 is 1.52 bits per heavy atom. The Morgan fingerprint density at radius 1 is 0.931 bits per heavy atom. The van der Waals surface area contributed by atoms with E-state index in [2.05, 4.69) is 5.32 Å². The van der Waals surface area contributed by atoms with Gasteiger partial charge in [0, 0.05) is 6.54 Å². The molecular formula is C19H16F7NO2. The first kappa shape index (κ1) is 21.5. The summed E-state index contributed by atoms with van der Waals surface area (Å²) in [7, 11) is 0. The van der Waals surface area contributed by atoms with E-state index < -0.39 is 48.2 Å². The molecule has 2 aromatic carbocycles. The van der Waals surface area contributed by atoms with E-state index in [0.717, 1.165) is 0 Å². The van der Waals surface area contributed by atoms with Gasteiger partial charge in [0.15, 0.2) is 6.29 Å². The molecule has 1 saturated heterocycles. The Balaban J connectivity index is 1.80. The SMILES string of the molecule is Fc1ccc(C2NCCOC2OCc2cc(C(F)(F)F)cc(C(F)(F)F)c2)cc1. The maximum absolute atomic E-state index is 13.1. The number of benzene rings is 2. The van der Waals surface area contributed by atoms with Crippen LogP contribution in [-0.2, 0) is 28.4 Å². The van der Waals surface area contributed by atoms with E-state index >= 15 is 0 Å². The molecule has 3 rings (SSSR count). The Labute approximate surface area is 161 Å². The third-order valence-electron chi connectivity index (χ3n) is 4.31. The summed E-state index contributed by atoms with van der Waals surface area (Å²) in [6, 6.07) is 6.15. The molecule has 0 radical (unpaired) electrons. The van der Waals surface area contributed by atoms with E-state index in [1.807, 2.05) is 0 Å². The predicted molar refractivity (Wildman–Crippen MR) is 88.1 cm³/mol. The number of hydrogen-bond acceptors (Lipinski definition) is 3. The van der Waals surface area contributed by atoms with Crippen molar-refractivity contribution >= 4 is 0 Å². The molecule has 158 valence electrons. The highest BCUT2D eigenvalue weighted by atomic mass is 19.4. The van der Waals surface area contributed by atoms with Crippen LogP contribution in [0, 0.1) is 5.82 Å². The summed E-state index contributed by atoms with van der Waals surface area (Å²) < 4.78 is 102. The Morgan fingerprint density at radius 3 is 2.07 bits per heavy atom. The van der Waals surface area contributed by atoms with Gasteiger partial charge in [0.05, 0.1) is 30.4 Å². The average Bonchev–Trinajstić information content (AvgIpc) is 2.66. The number of alkyl halides is 6. The summed E-state index contributed by atoms with van der Waals surface area (Å²) >= 11 is 0. The zero-order valence-electron chi connectivity index (χ0n) is 14.8. The minimum atomic E-state index is -4.93. The van der Waals surface area contributed by atoms with E-state index in [0.29, 0.717) is 24.2 Å². The van der Waals surface area contributed by atoms with E-state index in [1.165, 1.54) is 24.3 Å². The van der Waals surface area contributed by atoms with Crippen molar-refractivity contribution in [2.45, 2.75) is 31.3 Å². The second-order valence-electron chi connectivity index (χ2n) is 6.45. The van der Waals surface area contributed by atoms with E-state index in [-0.39, 0.29) is 18.2 Å². The minimum Gasteiger partial charge on any atom is -0.349 e. The van der Waals surface area contributed by atoms with Gasteiger partial charge in [-0.15, -0.1) is 0 Å². The van der Waals surface area contributed by atoms with Crippen LogP contribution in [0.3, 0.4) is 0 Å². The number of halogens is 7. The maximum atomic E-state index is 13.1. The minimum absolute atomic E-state index is 0.0590. The van der Waals surface area contributed by atoms with Crippen LogP contribution in [0.15, 0.2) is 42.5 Å². The molecule has 1 fully saturated rings. The topological polar surface area (TPSA) is 30.5 Å². The molecule has 1 heterocycles. The first-order valence-electron chi connectivity index (χ1n) is 8.54. The quantitative estimate of drug-likeness (QED) is 0.697. The Hall–Kier alpha value is -2.17. The van der Waals surface area contributed by atoms with E-state index in [9.17, 15) is 30.7 Å². The summed E-state index contributed by atoms with van der Waals surface area (Å²) in [5, 5.41) is 3.08. The largest absolute Gasteiger partial charge is 0.416 e. The van der Waals surface area contributed by atoms with Gasteiger partial charge in [-0.25, -0.2) is 4.39 Å². The highest BCUT2D eigenvalue weighted by molar-refractivity contribution is 5.33. The molecule has 2 atom stereocenters. The Bertz CT molecular complexity index is 802. The molecule has 0 aromatic heterocycles. The predicted octanol–water partition coefficient (Wildman–Crippen LogP) is 5.07. The van der Waals surface area contributed by atoms with Crippen LogP contribution in [-0.4, -0.2) is 19.4 Å². The third-order valence-corrected chi connectivity index (χ3v) is 4.31. The Kier molecular flexibility index (Phi) is 6.16. The lowest BCUT2D eigenvalue weighted by molar-refractivity contribution is -0.184. The second-order valence-corrected chi connectivity index (χ2v) is 6.45. The molecule has 1 aliphatic rings. The third kappa shape index (κ3) is 5.46. The fourth-order valence-electron chi connectivity index (χ4n) is 2.95. The smallest absolute Gasteiger partial charge is 0.349 e. The van der Waals surface area contributed by atoms with Crippen LogP contribution < -0.4 is 5.32 Å². The molecule has 1 N–H and O–H groups in total. The molecule has 0 spiro atoms.